The minimum absolute atomic E-state index is 0.0305. The molecule has 0 aliphatic carbocycles. The summed E-state index contributed by atoms with van der Waals surface area (Å²) >= 11 is 3.33. The number of hydrogen-bond acceptors (Lipinski definition) is 5. The summed E-state index contributed by atoms with van der Waals surface area (Å²) in [5, 5.41) is -0.466. The molecule has 1 unspecified atom stereocenters. The quantitative estimate of drug-likeness (QED) is 0.587. The Bertz CT molecular complexity index is 320. The molecule has 18 heavy (non-hydrogen) atoms. The van der Waals surface area contributed by atoms with Crippen LogP contribution >= 0.6 is 15.9 Å². The van der Waals surface area contributed by atoms with Gasteiger partial charge in [-0.15, -0.1) is 0 Å². The van der Waals surface area contributed by atoms with Gasteiger partial charge >= 0.3 is 11.9 Å². The van der Waals surface area contributed by atoms with Crippen LogP contribution in [0.4, 0.5) is 0 Å². The third-order valence-electron chi connectivity index (χ3n) is 3.00. The number of carbonyl (C=O) groups is 2. The van der Waals surface area contributed by atoms with Gasteiger partial charge in [-0.2, -0.15) is 0 Å². The largest absolute Gasteiger partial charge is 0.458 e. The molecule has 1 saturated heterocycles. The molecule has 1 rings (SSSR count). The second kappa shape index (κ2) is 6.52. The second-order valence-corrected chi connectivity index (χ2v) is 5.34. The van der Waals surface area contributed by atoms with Crippen molar-refractivity contribution in [1.29, 1.82) is 0 Å². The van der Waals surface area contributed by atoms with E-state index in [1.807, 2.05) is 13.8 Å². The number of rotatable bonds is 3. The van der Waals surface area contributed by atoms with Gasteiger partial charge in [0, 0.05) is 19.8 Å². The number of ether oxygens (including phenoxy) is 3. The van der Waals surface area contributed by atoms with Gasteiger partial charge < -0.3 is 14.2 Å². The van der Waals surface area contributed by atoms with Crippen LogP contribution in [0.5, 0.6) is 0 Å². The van der Waals surface area contributed by atoms with Crippen LogP contribution in [0.3, 0.4) is 0 Å². The van der Waals surface area contributed by atoms with Gasteiger partial charge in [0.1, 0.15) is 6.10 Å². The normalized spacial score (nSPS) is 35.9. The van der Waals surface area contributed by atoms with Crippen LogP contribution in [0.15, 0.2) is 0 Å². The molecule has 6 heteroatoms. The average molecular weight is 323 g/mol. The van der Waals surface area contributed by atoms with E-state index in [-0.39, 0.29) is 18.0 Å². The molecule has 0 radical (unpaired) electrons. The highest BCUT2D eigenvalue weighted by atomic mass is 79.9. The van der Waals surface area contributed by atoms with Gasteiger partial charge in [0.25, 0.3) is 0 Å². The Morgan fingerprint density at radius 2 is 1.67 bits per heavy atom. The summed E-state index contributed by atoms with van der Waals surface area (Å²) in [4.78, 5) is 22.3. The van der Waals surface area contributed by atoms with Crippen LogP contribution in [0, 0.1) is 5.92 Å². The Morgan fingerprint density at radius 3 is 2.11 bits per heavy atom. The van der Waals surface area contributed by atoms with E-state index in [0.29, 0.717) is 0 Å². The lowest BCUT2D eigenvalue weighted by molar-refractivity contribution is -0.206. The molecule has 0 aromatic rings. The molecule has 1 fully saturated rings. The molecule has 0 aromatic carbocycles. The molecule has 104 valence electrons. The molecule has 0 N–H and O–H groups in total. The highest BCUT2D eigenvalue weighted by Gasteiger charge is 2.46. The van der Waals surface area contributed by atoms with Gasteiger partial charge in [-0.25, -0.2) is 0 Å². The predicted octanol–water partition coefficient (Wildman–Crippen LogP) is 2.02. The Balaban J connectivity index is 2.89. The maximum atomic E-state index is 11.2. The van der Waals surface area contributed by atoms with Crippen molar-refractivity contribution in [3.05, 3.63) is 0 Å². The summed E-state index contributed by atoms with van der Waals surface area (Å²) in [6.45, 7) is 6.59. The van der Waals surface area contributed by atoms with Crippen molar-refractivity contribution in [1.82, 2.24) is 0 Å². The van der Waals surface area contributed by atoms with Gasteiger partial charge in [0.05, 0.1) is 6.10 Å². The first-order chi connectivity index (χ1) is 8.36. The molecule has 1 heterocycles. The fraction of sp³-hybridized carbons (Fsp3) is 0.833. The van der Waals surface area contributed by atoms with Crippen LogP contribution in [0.1, 0.15) is 34.1 Å². The van der Waals surface area contributed by atoms with Crippen LogP contribution in [0.2, 0.25) is 0 Å². The Hall–Kier alpha value is -0.620. The van der Waals surface area contributed by atoms with Crippen LogP contribution < -0.4 is 0 Å². The fourth-order valence-corrected chi connectivity index (χ4v) is 2.86. The summed E-state index contributed by atoms with van der Waals surface area (Å²) in [7, 11) is 0. The van der Waals surface area contributed by atoms with Crippen molar-refractivity contribution in [3.63, 3.8) is 0 Å². The molecule has 0 bridgehead atoms. The SMILES string of the molecule is CC[C@H]1OC(Br)[C@H](OC(C)=O)[C@@H](OC(C)=O)[C@@H]1C. The van der Waals surface area contributed by atoms with E-state index in [2.05, 4.69) is 15.9 Å². The van der Waals surface area contributed by atoms with Crippen molar-refractivity contribution < 1.29 is 23.8 Å². The Kier molecular flexibility index (Phi) is 5.59. The maximum absolute atomic E-state index is 11.2. The molecule has 5 nitrogen and oxygen atoms in total. The van der Waals surface area contributed by atoms with Gasteiger partial charge in [0.2, 0.25) is 0 Å². The van der Waals surface area contributed by atoms with E-state index >= 15 is 0 Å². The summed E-state index contributed by atoms with van der Waals surface area (Å²) in [6, 6.07) is 0. The average Bonchev–Trinajstić information content (AvgIpc) is 2.27. The minimum Gasteiger partial charge on any atom is -0.458 e. The monoisotopic (exact) mass is 322 g/mol. The summed E-state index contributed by atoms with van der Waals surface area (Å²) in [6.07, 6.45) is -0.349. The first-order valence-electron chi connectivity index (χ1n) is 6.00. The highest BCUT2D eigenvalue weighted by molar-refractivity contribution is 9.09. The Labute approximate surface area is 115 Å². The molecular weight excluding hydrogens is 304 g/mol. The lowest BCUT2D eigenvalue weighted by Gasteiger charge is -2.42. The first kappa shape index (κ1) is 15.4. The standard InChI is InChI=1S/C12H19BrO5/c1-5-9-6(2)10(16-7(3)14)11(12(13)18-9)17-8(4)15/h6,9-12H,5H2,1-4H3/t6-,9-,10+,11-,12?/m1/s1. The van der Waals surface area contributed by atoms with Crippen molar-refractivity contribution in [3.8, 4) is 0 Å². The molecule has 0 aromatic heterocycles. The lowest BCUT2D eigenvalue weighted by Crippen LogP contribution is -2.54. The summed E-state index contributed by atoms with van der Waals surface area (Å²) < 4.78 is 16.2. The predicted molar refractivity (Wildman–Crippen MR) is 68.2 cm³/mol. The zero-order valence-corrected chi connectivity index (χ0v) is 12.6. The number of carbonyl (C=O) groups excluding carboxylic acids is 2. The van der Waals surface area contributed by atoms with E-state index in [1.165, 1.54) is 13.8 Å². The molecule has 0 amide bonds. The molecule has 1 aliphatic rings. The number of esters is 2. The second-order valence-electron chi connectivity index (χ2n) is 4.44. The smallest absolute Gasteiger partial charge is 0.303 e. The molecule has 0 saturated carbocycles. The third kappa shape index (κ3) is 3.68. The van der Waals surface area contributed by atoms with E-state index in [0.717, 1.165) is 6.42 Å². The Morgan fingerprint density at radius 1 is 1.17 bits per heavy atom. The molecular formula is C12H19BrO5. The van der Waals surface area contributed by atoms with Crippen molar-refractivity contribution in [2.75, 3.05) is 0 Å². The number of hydrogen-bond donors (Lipinski definition) is 0. The van der Waals surface area contributed by atoms with Crippen molar-refractivity contribution in [2.24, 2.45) is 5.92 Å². The van der Waals surface area contributed by atoms with Gasteiger partial charge in [-0.1, -0.05) is 29.8 Å². The van der Waals surface area contributed by atoms with Gasteiger partial charge in [0.15, 0.2) is 11.1 Å². The van der Waals surface area contributed by atoms with Gasteiger partial charge in [-0.3, -0.25) is 9.59 Å². The summed E-state index contributed by atoms with van der Waals surface area (Å²) in [5.74, 6) is -0.843. The van der Waals surface area contributed by atoms with Gasteiger partial charge in [-0.05, 0) is 6.42 Å². The lowest BCUT2D eigenvalue weighted by atomic mass is 9.90. The van der Waals surface area contributed by atoms with Crippen molar-refractivity contribution >= 4 is 27.9 Å². The first-order valence-corrected chi connectivity index (χ1v) is 6.92. The van der Waals surface area contributed by atoms with Crippen LogP contribution in [0.25, 0.3) is 0 Å². The van der Waals surface area contributed by atoms with E-state index in [4.69, 9.17) is 14.2 Å². The minimum atomic E-state index is -0.621. The van der Waals surface area contributed by atoms with Crippen LogP contribution in [-0.4, -0.2) is 35.3 Å². The zero-order valence-electron chi connectivity index (χ0n) is 11.0. The van der Waals surface area contributed by atoms with E-state index in [1.54, 1.807) is 0 Å². The fourth-order valence-electron chi connectivity index (χ4n) is 2.17. The summed E-state index contributed by atoms with van der Waals surface area (Å²) in [5.41, 5.74) is 0. The maximum Gasteiger partial charge on any atom is 0.303 e. The van der Waals surface area contributed by atoms with Crippen molar-refractivity contribution in [2.45, 2.75) is 57.4 Å². The molecule has 1 aliphatic heterocycles. The molecule has 5 atom stereocenters. The van der Waals surface area contributed by atoms with E-state index in [9.17, 15) is 9.59 Å². The molecule has 0 spiro atoms. The number of alkyl halides is 1. The highest BCUT2D eigenvalue weighted by Crippen LogP contribution is 2.34. The van der Waals surface area contributed by atoms with Crippen LogP contribution in [-0.2, 0) is 23.8 Å². The number of halogens is 1. The zero-order chi connectivity index (χ0) is 13.9. The third-order valence-corrected chi connectivity index (χ3v) is 3.73. The van der Waals surface area contributed by atoms with E-state index < -0.39 is 23.2 Å². The topological polar surface area (TPSA) is 61.8 Å².